The van der Waals surface area contributed by atoms with Crippen molar-refractivity contribution in [3.63, 3.8) is 0 Å². The van der Waals surface area contributed by atoms with Crippen LogP contribution in [0.1, 0.15) is 72.9 Å². The summed E-state index contributed by atoms with van der Waals surface area (Å²) in [4.78, 5) is 14.6. The van der Waals surface area contributed by atoms with Crippen molar-refractivity contribution in [1.82, 2.24) is 4.98 Å². The Kier molecular flexibility index (Phi) is 5.90. The number of H-pyrrole nitrogens is 1. The number of nitrogens with one attached hydrogen (secondary N) is 1. The average molecular weight is 401 g/mol. The molecular weight excluding hydrogens is 372 g/mol. The molecule has 3 aromatic rings. The van der Waals surface area contributed by atoms with Gasteiger partial charge in [0.1, 0.15) is 24.2 Å². The molecule has 1 aliphatic carbocycles. The van der Waals surface area contributed by atoms with Crippen LogP contribution in [-0.4, -0.2) is 10.8 Å². The smallest absolute Gasteiger partial charge is 0.130 e. The zero-order chi connectivity index (χ0) is 21.1. The molecular formula is C26H28N2O2. The number of aryl methyl sites for hydroxylation is 2. The molecule has 0 atom stereocenters. The molecule has 0 bridgehead atoms. The molecule has 1 aromatic heterocycles. The van der Waals surface area contributed by atoms with E-state index in [9.17, 15) is 10.1 Å². The lowest BCUT2D eigenvalue weighted by Crippen LogP contribution is -2.00. The number of nitrogens with zero attached hydrogens (tertiary/aromatic N) is 1. The zero-order valence-corrected chi connectivity index (χ0v) is 17.8. The van der Waals surface area contributed by atoms with Gasteiger partial charge in [-0.25, -0.2) is 0 Å². The Bertz CT molecular complexity index is 1110. The molecule has 30 heavy (non-hydrogen) atoms. The van der Waals surface area contributed by atoms with Crippen molar-refractivity contribution in [2.75, 3.05) is 0 Å². The number of ether oxygens (including phenoxy) is 1. The summed E-state index contributed by atoms with van der Waals surface area (Å²) in [6, 6.07) is 14.8. The summed E-state index contributed by atoms with van der Waals surface area (Å²) in [6.45, 7) is 4.27. The number of rotatable bonds is 7. The van der Waals surface area contributed by atoms with E-state index in [1.54, 1.807) is 6.92 Å². The van der Waals surface area contributed by atoms with Crippen molar-refractivity contribution in [2.45, 2.75) is 64.9 Å². The molecule has 1 fully saturated rings. The quantitative estimate of drug-likeness (QED) is 0.520. The number of ketones is 1. The molecule has 1 saturated carbocycles. The fraction of sp³-hybridized carbons (Fsp3) is 0.385. The largest absolute Gasteiger partial charge is 0.489 e. The fourth-order valence-corrected chi connectivity index (χ4v) is 4.62. The van der Waals surface area contributed by atoms with E-state index < -0.39 is 0 Å². The first-order valence-corrected chi connectivity index (χ1v) is 10.8. The second-order valence-corrected chi connectivity index (χ2v) is 8.46. The number of carbonyl (C=O) groups excluding carboxylic acids is 1. The van der Waals surface area contributed by atoms with Crippen LogP contribution in [0.25, 0.3) is 10.9 Å². The van der Waals surface area contributed by atoms with Crippen LogP contribution in [0, 0.1) is 18.3 Å². The van der Waals surface area contributed by atoms with E-state index in [2.05, 4.69) is 36.2 Å². The van der Waals surface area contributed by atoms with Gasteiger partial charge in [-0.15, -0.1) is 0 Å². The Morgan fingerprint density at radius 3 is 2.70 bits per heavy atom. The molecule has 1 aliphatic rings. The third kappa shape index (κ3) is 4.26. The van der Waals surface area contributed by atoms with Gasteiger partial charge in [-0.3, -0.25) is 0 Å². The van der Waals surface area contributed by atoms with Crippen molar-refractivity contribution in [3.05, 3.63) is 64.3 Å². The van der Waals surface area contributed by atoms with Gasteiger partial charge < -0.3 is 14.5 Å². The maximum absolute atomic E-state index is 11.3. The first-order valence-electron chi connectivity index (χ1n) is 10.8. The van der Waals surface area contributed by atoms with E-state index in [0.717, 1.165) is 33.8 Å². The summed E-state index contributed by atoms with van der Waals surface area (Å²) >= 11 is 0. The number of aromatic amines is 1. The minimum absolute atomic E-state index is 0.121. The SMILES string of the molecule is CC(=O)CCc1[nH]c2ccc(OCc3ccc(C4CCCC4)c(C)c3)cc2c1C#N. The number of fused-ring (bicyclic) bond motifs is 1. The summed E-state index contributed by atoms with van der Waals surface area (Å²) in [7, 11) is 0. The molecule has 0 aliphatic heterocycles. The number of aromatic nitrogens is 1. The van der Waals surface area contributed by atoms with Crippen LogP contribution >= 0.6 is 0 Å². The van der Waals surface area contributed by atoms with Gasteiger partial charge in [-0.05, 0) is 73.9 Å². The highest BCUT2D eigenvalue weighted by Crippen LogP contribution is 2.36. The normalized spacial score (nSPS) is 14.2. The zero-order valence-electron chi connectivity index (χ0n) is 17.8. The molecule has 1 N–H and O–H groups in total. The van der Waals surface area contributed by atoms with Crippen molar-refractivity contribution in [2.24, 2.45) is 0 Å². The molecule has 2 aromatic carbocycles. The highest BCUT2D eigenvalue weighted by molar-refractivity contribution is 5.88. The van der Waals surface area contributed by atoms with Crippen molar-refractivity contribution in [1.29, 1.82) is 5.26 Å². The van der Waals surface area contributed by atoms with Crippen LogP contribution in [0.2, 0.25) is 0 Å². The molecule has 4 rings (SSSR count). The van der Waals surface area contributed by atoms with Gasteiger partial charge in [-0.1, -0.05) is 31.0 Å². The number of carbonyl (C=O) groups is 1. The van der Waals surface area contributed by atoms with E-state index in [1.807, 2.05) is 18.2 Å². The minimum atomic E-state index is 0.121. The van der Waals surface area contributed by atoms with Crippen LogP contribution in [-0.2, 0) is 17.8 Å². The second kappa shape index (κ2) is 8.75. The maximum Gasteiger partial charge on any atom is 0.130 e. The molecule has 0 unspecified atom stereocenters. The third-order valence-electron chi connectivity index (χ3n) is 6.22. The van der Waals surface area contributed by atoms with Gasteiger partial charge in [0.05, 0.1) is 5.56 Å². The summed E-state index contributed by atoms with van der Waals surface area (Å²) in [5.41, 5.74) is 6.32. The number of hydrogen-bond donors (Lipinski definition) is 1. The number of nitriles is 1. The first kappa shape index (κ1) is 20.2. The van der Waals surface area contributed by atoms with Crippen LogP contribution < -0.4 is 4.74 Å². The lowest BCUT2D eigenvalue weighted by molar-refractivity contribution is -0.116. The number of benzene rings is 2. The maximum atomic E-state index is 11.3. The Hall–Kier alpha value is -3.06. The van der Waals surface area contributed by atoms with Gasteiger partial charge >= 0.3 is 0 Å². The second-order valence-electron chi connectivity index (χ2n) is 8.46. The van der Waals surface area contributed by atoms with E-state index in [1.165, 1.54) is 36.8 Å². The Morgan fingerprint density at radius 2 is 2.00 bits per heavy atom. The third-order valence-corrected chi connectivity index (χ3v) is 6.22. The van der Waals surface area contributed by atoms with Crippen LogP contribution in [0.5, 0.6) is 5.75 Å². The van der Waals surface area contributed by atoms with Crippen LogP contribution in [0.15, 0.2) is 36.4 Å². The molecule has 154 valence electrons. The molecule has 4 heteroatoms. The van der Waals surface area contributed by atoms with Gasteiger partial charge in [0.15, 0.2) is 0 Å². The van der Waals surface area contributed by atoms with Gasteiger partial charge in [-0.2, -0.15) is 5.26 Å². The Labute approximate surface area is 177 Å². The number of Topliss-reactive ketones (excluding diaryl/α,β-unsaturated/α-hetero) is 1. The summed E-state index contributed by atoms with van der Waals surface area (Å²) in [5.74, 6) is 1.59. The topological polar surface area (TPSA) is 65.9 Å². The number of hydrogen-bond acceptors (Lipinski definition) is 3. The highest BCUT2D eigenvalue weighted by atomic mass is 16.5. The van der Waals surface area contributed by atoms with E-state index in [-0.39, 0.29) is 5.78 Å². The lowest BCUT2D eigenvalue weighted by Gasteiger charge is -2.15. The summed E-state index contributed by atoms with van der Waals surface area (Å²) in [6.07, 6.45) is 6.29. The van der Waals surface area contributed by atoms with E-state index in [0.29, 0.717) is 25.0 Å². The van der Waals surface area contributed by atoms with Crippen LogP contribution in [0.4, 0.5) is 0 Å². The van der Waals surface area contributed by atoms with Gasteiger partial charge in [0.25, 0.3) is 0 Å². The Balaban J connectivity index is 1.49. The van der Waals surface area contributed by atoms with E-state index in [4.69, 9.17) is 4.74 Å². The standard InChI is InChI=1S/C26H28N2O2/c1-17-13-19(8-10-22(17)20-5-3-4-6-20)16-30-21-9-12-25-23(14-21)24(15-27)26(28-25)11-7-18(2)29/h8-10,12-14,20,28H,3-7,11,16H2,1-2H3. The molecule has 0 radical (unpaired) electrons. The first-order chi connectivity index (χ1) is 14.5. The monoisotopic (exact) mass is 400 g/mol. The predicted molar refractivity (Wildman–Crippen MR) is 119 cm³/mol. The fourth-order valence-electron chi connectivity index (χ4n) is 4.62. The van der Waals surface area contributed by atoms with Gasteiger partial charge in [0, 0.05) is 23.0 Å². The average Bonchev–Trinajstić information content (AvgIpc) is 3.38. The molecule has 0 saturated heterocycles. The van der Waals surface area contributed by atoms with Gasteiger partial charge in [0.2, 0.25) is 0 Å². The highest BCUT2D eigenvalue weighted by Gasteiger charge is 2.19. The molecule has 1 heterocycles. The minimum Gasteiger partial charge on any atom is -0.489 e. The molecule has 0 amide bonds. The van der Waals surface area contributed by atoms with E-state index >= 15 is 0 Å². The Morgan fingerprint density at radius 1 is 1.20 bits per heavy atom. The van der Waals surface area contributed by atoms with Crippen LogP contribution in [0.3, 0.4) is 0 Å². The summed E-state index contributed by atoms with van der Waals surface area (Å²) < 4.78 is 6.05. The predicted octanol–water partition coefficient (Wildman–Crippen LogP) is 6.11. The van der Waals surface area contributed by atoms with Crippen molar-refractivity contribution >= 4 is 16.7 Å². The van der Waals surface area contributed by atoms with Crippen molar-refractivity contribution in [3.8, 4) is 11.8 Å². The summed E-state index contributed by atoms with van der Waals surface area (Å²) in [5, 5.41) is 10.5. The van der Waals surface area contributed by atoms with Crippen molar-refractivity contribution < 1.29 is 9.53 Å². The molecule has 4 nitrogen and oxygen atoms in total. The molecule has 0 spiro atoms. The lowest BCUT2D eigenvalue weighted by atomic mass is 9.92.